The van der Waals surface area contributed by atoms with Gasteiger partial charge in [0.15, 0.2) is 0 Å². The average molecular weight is 376 g/mol. The van der Waals surface area contributed by atoms with Gasteiger partial charge in [-0.3, -0.25) is 9.59 Å². The maximum Gasteiger partial charge on any atom is 0.246 e. The summed E-state index contributed by atoms with van der Waals surface area (Å²) >= 11 is 0. The second-order valence-electron chi connectivity index (χ2n) is 6.84. The summed E-state index contributed by atoms with van der Waals surface area (Å²) in [7, 11) is 3.41. The summed E-state index contributed by atoms with van der Waals surface area (Å²) in [5, 5.41) is 3.98. The van der Waals surface area contributed by atoms with Crippen molar-refractivity contribution in [1.82, 2.24) is 15.0 Å². The molecule has 0 N–H and O–H groups in total. The third-order valence-electron chi connectivity index (χ3n) is 4.97. The molecule has 2 aromatic carbocycles. The van der Waals surface area contributed by atoms with Crippen molar-refractivity contribution in [3.8, 4) is 11.4 Å². The Hall–Kier alpha value is -3.48. The zero-order valence-corrected chi connectivity index (χ0v) is 15.7. The summed E-state index contributed by atoms with van der Waals surface area (Å²) in [6, 6.07) is 17.0. The predicted molar refractivity (Wildman–Crippen MR) is 103 cm³/mol. The van der Waals surface area contributed by atoms with E-state index in [1.165, 1.54) is 4.90 Å². The summed E-state index contributed by atoms with van der Waals surface area (Å²) in [4.78, 5) is 32.9. The molecule has 1 aromatic heterocycles. The van der Waals surface area contributed by atoms with E-state index < -0.39 is 5.92 Å². The van der Waals surface area contributed by atoms with Crippen LogP contribution in [0.3, 0.4) is 0 Å². The van der Waals surface area contributed by atoms with Crippen molar-refractivity contribution in [3.05, 3.63) is 66.1 Å². The van der Waals surface area contributed by atoms with E-state index in [1.807, 2.05) is 54.6 Å². The van der Waals surface area contributed by atoms with Crippen LogP contribution in [-0.4, -0.2) is 41.0 Å². The maximum atomic E-state index is 13.1. The van der Waals surface area contributed by atoms with E-state index in [9.17, 15) is 9.59 Å². The van der Waals surface area contributed by atoms with E-state index >= 15 is 0 Å². The van der Waals surface area contributed by atoms with E-state index in [2.05, 4.69) is 10.1 Å². The van der Waals surface area contributed by atoms with Crippen LogP contribution in [-0.2, 0) is 16.1 Å². The smallest absolute Gasteiger partial charge is 0.246 e. The number of hydrogen-bond donors (Lipinski definition) is 0. The van der Waals surface area contributed by atoms with Gasteiger partial charge in [0, 0.05) is 31.8 Å². The van der Waals surface area contributed by atoms with Crippen LogP contribution in [0.15, 0.2) is 59.1 Å². The van der Waals surface area contributed by atoms with Crippen LogP contribution in [0.1, 0.15) is 23.8 Å². The predicted octanol–water partition coefficient (Wildman–Crippen LogP) is 2.85. The van der Waals surface area contributed by atoms with E-state index in [-0.39, 0.29) is 24.8 Å². The van der Waals surface area contributed by atoms with Crippen LogP contribution >= 0.6 is 0 Å². The van der Waals surface area contributed by atoms with Gasteiger partial charge in [-0.05, 0) is 11.6 Å². The number of aromatic nitrogens is 2. The first-order valence-electron chi connectivity index (χ1n) is 9.03. The van der Waals surface area contributed by atoms with E-state index in [4.69, 9.17) is 4.52 Å². The number of benzene rings is 2. The number of nitrogens with zero attached hydrogens (tertiary/aromatic N) is 4. The molecule has 3 aromatic rings. The van der Waals surface area contributed by atoms with E-state index in [0.29, 0.717) is 11.7 Å². The van der Waals surface area contributed by atoms with Gasteiger partial charge in [-0.2, -0.15) is 4.98 Å². The Morgan fingerprint density at radius 3 is 2.68 bits per heavy atom. The Labute approximate surface area is 162 Å². The minimum absolute atomic E-state index is 0.0744. The first-order chi connectivity index (χ1) is 13.5. The molecule has 2 amide bonds. The summed E-state index contributed by atoms with van der Waals surface area (Å²) in [5.74, 6) is 0.0999. The van der Waals surface area contributed by atoms with Crippen molar-refractivity contribution >= 4 is 17.5 Å². The number of rotatable bonds is 4. The summed E-state index contributed by atoms with van der Waals surface area (Å²) in [6.45, 7) is 0.182. The van der Waals surface area contributed by atoms with Gasteiger partial charge in [0.2, 0.25) is 23.5 Å². The van der Waals surface area contributed by atoms with Crippen molar-refractivity contribution in [2.75, 3.05) is 19.0 Å². The number of fused-ring (bicyclic) bond motifs is 1. The van der Waals surface area contributed by atoms with Gasteiger partial charge in [-0.1, -0.05) is 53.7 Å². The van der Waals surface area contributed by atoms with Gasteiger partial charge in [-0.15, -0.1) is 0 Å². The number of carbonyl (C=O) groups is 2. The van der Waals surface area contributed by atoms with Gasteiger partial charge in [0.05, 0.1) is 12.5 Å². The SMILES string of the molecule is CN(Cc1nc(-c2ccccc2)no1)C(=O)[C@@H]1CC(=O)N(C)c2ccccc21. The molecule has 0 bridgehead atoms. The molecule has 0 unspecified atom stereocenters. The highest BCUT2D eigenvalue weighted by Crippen LogP contribution is 2.36. The molecule has 1 aliphatic heterocycles. The van der Waals surface area contributed by atoms with Crippen molar-refractivity contribution in [3.63, 3.8) is 0 Å². The zero-order chi connectivity index (χ0) is 19.7. The van der Waals surface area contributed by atoms with Gasteiger partial charge in [0.25, 0.3) is 0 Å². The van der Waals surface area contributed by atoms with E-state index in [1.54, 1.807) is 19.0 Å². The van der Waals surface area contributed by atoms with Gasteiger partial charge >= 0.3 is 0 Å². The van der Waals surface area contributed by atoms with Crippen LogP contribution < -0.4 is 4.90 Å². The second-order valence-corrected chi connectivity index (χ2v) is 6.84. The molecule has 1 atom stereocenters. The average Bonchev–Trinajstić information content (AvgIpc) is 3.19. The second kappa shape index (κ2) is 7.26. The minimum Gasteiger partial charge on any atom is -0.337 e. The highest BCUT2D eigenvalue weighted by atomic mass is 16.5. The zero-order valence-electron chi connectivity index (χ0n) is 15.7. The Balaban J connectivity index is 1.52. The molecule has 7 nitrogen and oxygen atoms in total. The maximum absolute atomic E-state index is 13.1. The summed E-state index contributed by atoms with van der Waals surface area (Å²) in [6.07, 6.45) is 0.149. The Morgan fingerprint density at radius 2 is 1.89 bits per heavy atom. The first-order valence-corrected chi connectivity index (χ1v) is 9.03. The standard InChI is InChI=1S/C21H20N4O3/c1-24(13-18-22-20(23-28-18)14-8-4-3-5-9-14)21(27)16-12-19(26)25(2)17-11-7-6-10-15(16)17/h3-11,16H,12-13H2,1-2H3/t16-/m1/s1. The number of likely N-dealkylation sites (N-methyl/N-ethyl adjacent to an activating group) is 1. The van der Waals surface area contributed by atoms with Gasteiger partial charge < -0.3 is 14.3 Å². The number of hydrogen-bond acceptors (Lipinski definition) is 5. The highest BCUT2D eigenvalue weighted by molar-refractivity contribution is 6.02. The van der Waals surface area contributed by atoms with Gasteiger partial charge in [0.1, 0.15) is 0 Å². The van der Waals surface area contributed by atoms with Crippen molar-refractivity contribution in [2.24, 2.45) is 0 Å². The lowest BCUT2D eigenvalue weighted by Gasteiger charge is -2.32. The summed E-state index contributed by atoms with van der Waals surface area (Å²) < 4.78 is 5.30. The number of amides is 2. The first kappa shape index (κ1) is 17.9. The largest absolute Gasteiger partial charge is 0.337 e. The Kier molecular flexibility index (Phi) is 4.65. The fraction of sp³-hybridized carbons (Fsp3) is 0.238. The monoisotopic (exact) mass is 376 g/mol. The molecular weight excluding hydrogens is 356 g/mol. The van der Waals surface area contributed by atoms with Crippen molar-refractivity contribution in [1.29, 1.82) is 0 Å². The molecule has 4 rings (SSSR count). The van der Waals surface area contributed by atoms with Crippen LogP contribution in [0.25, 0.3) is 11.4 Å². The molecular formula is C21H20N4O3. The molecule has 2 heterocycles. The Bertz CT molecular complexity index is 1020. The normalized spacial score (nSPS) is 16.0. The minimum atomic E-state index is -0.513. The molecule has 0 fully saturated rings. The molecule has 0 spiro atoms. The number of anilines is 1. The van der Waals surface area contributed by atoms with Crippen molar-refractivity contribution < 1.29 is 14.1 Å². The number of para-hydroxylation sites is 1. The highest BCUT2D eigenvalue weighted by Gasteiger charge is 2.35. The lowest BCUT2D eigenvalue weighted by atomic mass is 9.88. The molecule has 0 aliphatic carbocycles. The fourth-order valence-corrected chi connectivity index (χ4v) is 3.43. The number of carbonyl (C=O) groups excluding carboxylic acids is 2. The van der Waals surface area contributed by atoms with Gasteiger partial charge in [-0.25, -0.2) is 0 Å². The molecule has 1 aliphatic rings. The summed E-state index contributed by atoms with van der Waals surface area (Å²) in [5.41, 5.74) is 2.48. The van der Waals surface area contributed by atoms with E-state index in [0.717, 1.165) is 16.8 Å². The topological polar surface area (TPSA) is 79.5 Å². The van der Waals surface area contributed by atoms with Crippen LogP contribution in [0, 0.1) is 0 Å². The lowest BCUT2D eigenvalue weighted by Crippen LogP contribution is -2.40. The molecule has 0 saturated heterocycles. The van der Waals surface area contributed by atoms with Crippen LogP contribution in [0.2, 0.25) is 0 Å². The molecule has 142 valence electrons. The molecule has 0 radical (unpaired) electrons. The van der Waals surface area contributed by atoms with Crippen LogP contribution in [0.5, 0.6) is 0 Å². The van der Waals surface area contributed by atoms with Crippen molar-refractivity contribution in [2.45, 2.75) is 18.9 Å². The fourth-order valence-electron chi connectivity index (χ4n) is 3.43. The molecule has 7 heteroatoms. The molecule has 28 heavy (non-hydrogen) atoms. The lowest BCUT2D eigenvalue weighted by molar-refractivity contribution is -0.134. The quantitative estimate of drug-likeness (QED) is 0.700. The third kappa shape index (κ3) is 3.26. The Morgan fingerprint density at radius 1 is 1.18 bits per heavy atom. The third-order valence-corrected chi connectivity index (χ3v) is 4.97. The van der Waals surface area contributed by atoms with Crippen LogP contribution in [0.4, 0.5) is 5.69 Å². The molecule has 0 saturated carbocycles.